The van der Waals surface area contributed by atoms with E-state index in [1.807, 2.05) is 0 Å². The van der Waals surface area contributed by atoms with Crippen LogP contribution in [0.4, 0.5) is 5.69 Å². The fourth-order valence-corrected chi connectivity index (χ4v) is 3.44. The Labute approximate surface area is 128 Å². The molecule has 2 aliphatic heterocycles. The average molecular weight is 289 g/mol. The van der Waals surface area contributed by atoms with Gasteiger partial charge in [0.1, 0.15) is 0 Å². The Morgan fingerprint density at radius 1 is 1.14 bits per heavy atom. The highest BCUT2D eigenvalue weighted by molar-refractivity contribution is 5.45. The van der Waals surface area contributed by atoms with Crippen LogP contribution in [0.3, 0.4) is 0 Å². The number of hydrogen-bond donors (Lipinski definition) is 0. The fraction of sp³-hybridized carbons (Fsp3) is 0.706. The molecule has 4 nitrogen and oxygen atoms in total. The van der Waals surface area contributed by atoms with Crippen LogP contribution >= 0.6 is 0 Å². The van der Waals surface area contributed by atoms with E-state index in [4.69, 9.17) is 4.74 Å². The van der Waals surface area contributed by atoms with Crippen molar-refractivity contribution in [2.75, 3.05) is 44.3 Å². The number of nitrogens with zero attached hydrogens (tertiary/aromatic N) is 3. The van der Waals surface area contributed by atoms with Crippen molar-refractivity contribution in [1.82, 2.24) is 9.88 Å². The first-order valence-electron chi connectivity index (χ1n) is 8.38. The van der Waals surface area contributed by atoms with E-state index in [1.54, 1.807) is 0 Å². The van der Waals surface area contributed by atoms with E-state index in [0.29, 0.717) is 0 Å². The molecule has 0 spiro atoms. The second-order valence-electron chi connectivity index (χ2n) is 6.12. The van der Waals surface area contributed by atoms with Crippen LogP contribution in [0.25, 0.3) is 0 Å². The number of morpholine rings is 1. The number of aromatic nitrogens is 1. The quantitative estimate of drug-likeness (QED) is 0.850. The summed E-state index contributed by atoms with van der Waals surface area (Å²) in [5.74, 6) is 0. The molecule has 2 saturated heterocycles. The third-order valence-electron chi connectivity index (χ3n) is 4.71. The average Bonchev–Trinajstić information content (AvgIpc) is 2.57. The van der Waals surface area contributed by atoms with Crippen LogP contribution in [0.1, 0.15) is 31.9 Å². The standard InChI is InChI=1S/C17H27N3O/c1-2-3-15-4-5-17(14-18-15)19-8-6-16(7-9-19)20-10-12-21-13-11-20/h4-5,14,16H,2-3,6-13H2,1H3. The predicted octanol–water partition coefficient (Wildman–Crippen LogP) is 2.34. The highest BCUT2D eigenvalue weighted by atomic mass is 16.5. The fourth-order valence-electron chi connectivity index (χ4n) is 3.44. The summed E-state index contributed by atoms with van der Waals surface area (Å²) < 4.78 is 5.45. The van der Waals surface area contributed by atoms with Gasteiger partial charge in [-0.3, -0.25) is 9.88 Å². The summed E-state index contributed by atoms with van der Waals surface area (Å²) in [6.45, 7) is 8.53. The van der Waals surface area contributed by atoms with Crippen molar-refractivity contribution < 1.29 is 4.74 Å². The summed E-state index contributed by atoms with van der Waals surface area (Å²) in [4.78, 5) is 9.68. The maximum Gasteiger partial charge on any atom is 0.0594 e. The van der Waals surface area contributed by atoms with Crippen LogP contribution in [0.2, 0.25) is 0 Å². The van der Waals surface area contributed by atoms with E-state index in [2.05, 4.69) is 40.0 Å². The van der Waals surface area contributed by atoms with Crippen LogP contribution in [0, 0.1) is 0 Å². The van der Waals surface area contributed by atoms with E-state index in [0.717, 1.165) is 58.3 Å². The molecule has 0 N–H and O–H groups in total. The SMILES string of the molecule is CCCc1ccc(N2CCC(N3CCOCC3)CC2)cn1. The molecular weight excluding hydrogens is 262 g/mol. The zero-order valence-corrected chi connectivity index (χ0v) is 13.1. The van der Waals surface area contributed by atoms with Crippen molar-refractivity contribution in [3.8, 4) is 0 Å². The third-order valence-corrected chi connectivity index (χ3v) is 4.71. The van der Waals surface area contributed by atoms with Gasteiger partial charge in [-0.2, -0.15) is 0 Å². The van der Waals surface area contributed by atoms with Gasteiger partial charge in [0.15, 0.2) is 0 Å². The minimum absolute atomic E-state index is 0.748. The maximum atomic E-state index is 5.45. The third kappa shape index (κ3) is 3.74. The van der Waals surface area contributed by atoms with Gasteiger partial charge in [-0.1, -0.05) is 13.3 Å². The van der Waals surface area contributed by atoms with Crippen LogP contribution in [0.15, 0.2) is 18.3 Å². The van der Waals surface area contributed by atoms with Crippen LogP contribution in [-0.2, 0) is 11.2 Å². The molecule has 0 aliphatic carbocycles. The highest BCUT2D eigenvalue weighted by Gasteiger charge is 2.25. The van der Waals surface area contributed by atoms with Crippen molar-refractivity contribution in [3.05, 3.63) is 24.0 Å². The van der Waals surface area contributed by atoms with Crippen molar-refractivity contribution in [2.45, 2.75) is 38.6 Å². The minimum atomic E-state index is 0.748. The first kappa shape index (κ1) is 14.8. The van der Waals surface area contributed by atoms with E-state index in [-0.39, 0.29) is 0 Å². The molecule has 3 heterocycles. The molecule has 0 atom stereocenters. The van der Waals surface area contributed by atoms with E-state index < -0.39 is 0 Å². The maximum absolute atomic E-state index is 5.45. The lowest BCUT2D eigenvalue weighted by Gasteiger charge is -2.40. The van der Waals surface area contributed by atoms with E-state index in [1.165, 1.54) is 24.2 Å². The van der Waals surface area contributed by atoms with Gasteiger partial charge < -0.3 is 9.64 Å². The number of hydrogen-bond acceptors (Lipinski definition) is 4. The number of ether oxygens (including phenoxy) is 1. The second kappa shape index (κ2) is 7.23. The lowest BCUT2D eigenvalue weighted by atomic mass is 10.0. The molecule has 21 heavy (non-hydrogen) atoms. The summed E-state index contributed by atoms with van der Waals surface area (Å²) in [6, 6.07) is 5.18. The normalized spacial score (nSPS) is 21.7. The van der Waals surface area contributed by atoms with Crippen LogP contribution in [0.5, 0.6) is 0 Å². The summed E-state index contributed by atoms with van der Waals surface area (Å²) in [5, 5.41) is 0. The topological polar surface area (TPSA) is 28.6 Å². The molecule has 116 valence electrons. The Balaban J connectivity index is 1.52. The first-order chi connectivity index (χ1) is 10.4. The lowest BCUT2D eigenvalue weighted by Crippen LogP contribution is -2.49. The summed E-state index contributed by atoms with van der Waals surface area (Å²) in [6.07, 6.45) is 6.82. The van der Waals surface area contributed by atoms with Crippen molar-refractivity contribution >= 4 is 5.69 Å². The highest BCUT2D eigenvalue weighted by Crippen LogP contribution is 2.23. The molecular formula is C17H27N3O. The molecule has 1 aromatic rings. The van der Waals surface area contributed by atoms with Crippen LogP contribution in [-0.4, -0.2) is 55.3 Å². The lowest BCUT2D eigenvalue weighted by molar-refractivity contribution is 0.0115. The van der Waals surface area contributed by atoms with Gasteiger partial charge in [0.2, 0.25) is 0 Å². The molecule has 0 aromatic carbocycles. The first-order valence-corrected chi connectivity index (χ1v) is 8.38. The van der Waals surface area contributed by atoms with Gasteiger partial charge in [0.05, 0.1) is 25.1 Å². The zero-order chi connectivity index (χ0) is 14.5. The van der Waals surface area contributed by atoms with E-state index >= 15 is 0 Å². The molecule has 2 aliphatic rings. The molecule has 2 fully saturated rings. The summed E-state index contributed by atoms with van der Waals surface area (Å²) >= 11 is 0. The second-order valence-corrected chi connectivity index (χ2v) is 6.12. The molecule has 0 radical (unpaired) electrons. The molecule has 0 saturated carbocycles. The largest absolute Gasteiger partial charge is 0.379 e. The smallest absolute Gasteiger partial charge is 0.0594 e. The summed E-state index contributed by atoms with van der Waals surface area (Å²) in [7, 11) is 0. The van der Waals surface area contributed by atoms with Gasteiger partial charge in [-0.05, 0) is 31.4 Å². The molecule has 3 rings (SSSR count). The zero-order valence-electron chi connectivity index (χ0n) is 13.1. The van der Waals surface area contributed by atoms with Gasteiger partial charge >= 0.3 is 0 Å². The van der Waals surface area contributed by atoms with Crippen molar-refractivity contribution in [3.63, 3.8) is 0 Å². The number of aryl methyl sites for hydroxylation is 1. The molecule has 0 amide bonds. The van der Waals surface area contributed by atoms with Crippen molar-refractivity contribution in [2.24, 2.45) is 0 Å². The Morgan fingerprint density at radius 3 is 2.52 bits per heavy atom. The van der Waals surface area contributed by atoms with E-state index in [9.17, 15) is 0 Å². The Bertz CT molecular complexity index is 420. The monoisotopic (exact) mass is 289 g/mol. The molecule has 1 aromatic heterocycles. The Kier molecular flexibility index (Phi) is 5.09. The van der Waals surface area contributed by atoms with Crippen LogP contribution < -0.4 is 4.90 Å². The van der Waals surface area contributed by atoms with Crippen molar-refractivity contribution in [1.29, 1.82) is 0 Å². The summed E-state index contributed by atoms with van der Waals surface area (Å²) in [5.41, 5.74) is 2.50. The number of piperidine rings is 1. The minimum Gasteiger partial charge on any atom is -0.379 e. The Hall–Kier alpha value is -1.13. The number of rotatable bonds is 4. The molecule has 0 unspecified atom stereocenters. The number of anilines is 1. The predicted molar refractivity (Wildman–Crippen MR) is 85.9 cm³/mol. The number of pyridine rings is 1. The van der Waals surface area contributed by atoms with Gasteiger partial charge in [-0.25, -0.2) is 0 Å². The Morgan fingerprint density at radius 2 is 1.90 bits per heavy atom. The molecule has 4 heteroatoms. The van der Waals surface area contributed by atoms with Gasteiger partial charge in [0.25, 0.3) is 0 Å². The van der Waals surface area contributed by atoms with Gasteiger partial charge in [-0.15, -0.1) is 0 Å². The molecule has 0 bridgehead atoms. The van der Waals surface area contributed by atoms with Gasteiger partial charge in [0, 0.05) is 37.9 Å².